The number of aromatic nitrogens is 6. The van der Waals surface area contributed by atoms with Gasteiger partial charge in [0.1, 0.15) is 17.2 Å². The average molecular weight is 352 g/mol. The van der Waals surface area contributed by atoms with Gasteiger partial charge in [-0.05, 0) is 43.6 Å². The highest BCUT2D eigenvalue weighted by Crippen LogP contribution is 2.28. The molecule has 5 rings (SSSR count). The van der Waals surface area contributed by atoms with Crippen LogP contribution in [0, 0.1) is 0 Å². The SMILES string of the molecule is Cn1nnc2cc(CN3CCC(c4nnc5n4CCNC5)CC3)ccc21. The van der Waals surface area contributed by atoms with Gasteiger partial charge in [-0.1, -0.05) is 11.3 Å². The van der Waals surface area contributed by atoms with Gasteiger partial charge in [0.15, 0.2) is 0 Å². The molecule has 1 aromatic carbocycles. The number of piperidine rings is 1. The lowest BCUT2D eigenvalue weighted by Crippen LogP contribution is -2.34. The summed E-state index contributed by atoms with van der Waals surface area (Å²) in [5, 5.41) is 20.6. The lowest BCUT2D eigenvalue weighted by atomic mass is 9.95. The van der Waals surface area contributed by atoms with Crippen molar-refractivity contribution in [1.29, 1.82) is 0 Å². The third-order valence-electron chi connectivity index (χ3n) is 5.69. The molecule has 0 atom stereocenters. The molecule has 0 unspecified atom stereocenters. The van der Waals surface area contributed by atoms with Crippen molar-refractivity contribution in [3.63, 3.8) is 0 Å². The molecule has 136 valence electrons. The summed E-state index contributed by atoms with van der Waals surface area (Å²) >= 11 is 0. The maximum absolute atomic E-state index is 4.50. The minimum Gasteiger partial charge on any atom is -0.312 e. The number of aryl methyl sites for hydroxylation is 1. The second-order valence-corrected chi connectivity index (χ2v) is 7.39. The first-order chi connectivity index (χ1) is 12.8. The highest BCUT2D eigenvalue weighted by atomic mass is 15.4. The number of nitrogens with one attached hydrogen (secondary N) is 1. The van der Waals surface area contributed by atoms with Gasteiger partial charge in [-0.25, -0.2) is 4.68 Å². The Bertz CT molecular complexity index is 919. The van der Waals surface area contributed by atoms with Crippen molar-refractivity contribution in [3.05, 3.63) is 35.4 Å². The molecule has 2 aliphatic rings. The Labute approximate surface area is 152 Å². The van der Waals surface area contributed by atoms with Crippen LogP contribution in [0.4, 0.5) is 0 Å². The predicted octanol–water partition coefficient (Wildman–Crippen LogP) is 1.04. The Balaban J connectivity index is 1.24. The van der Waals surface area contributed by atoms with E-state index in [4.69, 9.17) is 0 Å². The summed E-state index contributed by atoms with van der Waals surface area (Å²) in [6.07, 6.45) is 2.30. The minimum atomic E-state index is 0.535. The first-order valence-electron chi connectivity index (χ1n) is 9.41. The summed E-state index contributed by atoms with van der Waals surface area (Å²) in [4.78, 5) is 2.53. The largest absolute Gasteiger partial charge is 0.312 e. The third kappa shape index (κ3) is 2.79. The lowest BCUT2D eigenvalue weighted by Gasteiger charge is -2.32. The molecule has 0 aliphatic carbocycles. The normalized spacial score (nSPS) is 19.1. The fraction of sp³-hybridized carbons (Fsp3) is 0.556. The van der Waals surface area contributed by atoms with Crippen LogP contribution in [0.1, 0.15) is 36.0 Å². The second kappa shape index (κ2) is 6.44. The van der Waals surface area contributed by atoms with E-state index in [2.05, 4.69) is 53.5 Å². The molecule has 1 fully saturated rings. The molecule has 0 radical (unpaired) electrons. The Morgan fingerprint density at radius 2 is 2.00 bits per heavy atom. The summed E-state index contributed by atoms with van der Waals surface area (Å²) in [5.41, 5.74) is 3.37. The van der Waals surface area contributed by atoms with Crippen LogP contribution in [-0.2, 0) is 26.7 Å². The van der Waals surface area contributed by atoms with E-state index in [0.29, 0.717) is 5.92 Å². The third-order valence-corrected chi connectivity index (χ3v) is 5.69. The topological polar surface area (TPSA) is 76.7 Å². The van der Waals surface area contributed by atoms with Gasteiger partial charge in [-0.3, -0.25) is 4.90 Å². The molecule has 0 spiro atoms. The fourth-order valence-corrected chi connectivity index (χ4v) is 4.21. The van der Waals surface area contributed by atoms with Crippen LogP contribution in [0.2, 0.25) is 0 Å². The van der Waals surface area contributed by atoms with E-state index < -0.39 is 0 Å². The van der Waals surface area contributed by atoms with Gasteiger partial charge in [0.05, 0.1) is 12.1 Å². The number of hydrogen-bond donors (Lipinski definition) is 1. The summed E-state index contributed by atoms with van der Waals surface area (Å²) < 4.78 is 4.15. The van der Waals surface area contributed by atoms with Crippen LogP contribution >= 0.6 is 0 Å². The van der Waals surface area contributed by atoms with Crippen molar-refractivity contribution in [3.8, 4) is 0 Å². The molecule has 0 bridgehead atoms. The summed E-state index contributed by atoms with van der Waals surface area (Å²) in [5.74, 6) is 2.82. The van der Waals surface area contributed by atoms with Crippen LogP contribution in [0.15, 0.2) is 18.2 Å². The number of nitrogens with zero attached hydrogens (tertiary/aromatic N) is 7. The first kappa shape index (κ1) is 15.9. The predicted molar refractivity (Wildman–Crippen MR) is 97.5 cm³/mol. The standard InChI is InChI=1S/C18H24N8/c1-24-16-3-2-13(10-15(16)20-23-24)12-25-7-4-14(5-8-25)18-22-21-17-11-19-6-9-26(17)18/h2-3,10,14,19H,4-9,11-12H2,1H3. The van der Waals surface area contributed by atoms with Gasteiger partial charge >= 0.3 is 0 Å². The van der Waals surface area contributed by atoms with Gasteiger partial charge < -0.3 is 9.88 Å². The molecule has 0 amide bonds. The molecule has 0 saturated carbocycles. The van der Waals surface area contributed by atoms with Crippen LogP contribution < -0.4 is 5.32 Å². The van der Waals surface area contributed by atoms with Crippen molar-refractivity contribution in [2.45, 2.75) is 38.4 Å². The van der Waals surface area contributed by atoms with Crippen LogP contribution in [-0.4, -0.2) is 54.3 Å². The summed E-state index contributed by atoms with van der Waals surface area (Å²) in [7, 11) is 1.93. The molecule has 2 aromatic heterocycles. The second-order valence-electron chi connectivity index (χ2n) is 7.39. The highest BCUT2D eigenvalue weighted by Gasteiger charge is 2.27. The Morgan fingerprint density at radius 1 is 1.12 bits per heavy atom. The number of fused-ring (bicyclic) bond motifs is 2. The van der Waals surface area contributed by atoms with E-state index in [1.807, 2.05) is 11.7 Å². The monoisotopic (exact) mass is 352 g/mol. The van der Waals surface area contributed by atoms with E-state index >= 15 is 0 Å². The van der Waals surface area contributed by atoms with E-state index in [1.165, 1.54) is 11.4 Å². The number of benzene rings is 1. The summed E-state index contributed by atoms with van der Waals surface area (Å²) in [6.45, 7) is 6.03. The molecule has 26 heavy (non-hydrogen) atoms. The zero-order chi connectivity index (χ0) is 17.5. The van der Waals surface area contributed by atoms with Crippen LogP contribution in [0.5, 0.6) is 0 Å². The van der Waals surface area contributed by atoms with E-state index in [1.54, 1.807) is 0 Å². The van der Waals surface area contributed by atoms with Crippen molar-refractivity contribution in [2.75, 3.05) is 19.6 Å². The molecule has 8 nitrogen and oxygen atoms in total. The molecular weight excluding hydrogens is 328 g/mol. The zero-order valence-corrected chi connectivity index (χ0v) is 15.1. The average Bonchev–Trinajstić information content (AvgIpc) is 3.26. The van der Waals surface area contributed by atoms with Crippen molar-refractivity contribution in [1.82, 2.24) is 40.0 Å². The molecule has 4 heterocycles. The van der Waals surface area contributed by atoms with Gasteiger partial charge in [0, 0.05) is 32.6 Å². The van der Waals surface area contributed by atoms with Crippen molar-refractivity contribution >= 4 is 11.0 Å². The zero-order valence-electron chi connectivity index (χ0n) is 15.1. The van der Waals surface area contributed by atoms with Gasteiger partial charge in [-0.15, -0.1) is 15.3 Å². The Hall–Kier alpha value is -2.32. The molecule has 1 N–H and O–H groups in total. The van der Waals surface area contributed by atoms with Crippen molar-refractivity contribution in [2.24, 2.45) is 7.05 Å². The number of rotatable bonds is 3. The molecular formula is C18H24N8. The first-order valence-corrected chi connectivity index (χ1v) is 9.41. The van der Waals surface area contributed by atoms with Crippen molar-refractivity contribution < 1.29 is 0 Å². The van der Waals surface area contributed by atoms with Crippen LogP contribution in [0.25, 0.3) is 11.0 Å². The maximum atomic E-state index is 4.50. The maximum Gasteiger partial charge on any atom is 0.147 e. The van der Waals surface area contributed by atoms with E-state index in [0.717, 1.165) is 69.0 Å². The summed E-state index contributed by atoms with van der Waals surface area (Å²) in [6, 6.07) is 6.48. The van der Waals surface area contributed by atoms with Gasteiger partial charge in [-0.2, -0.15) is 0 Å². The van der Waals surface area contributed by atoms with Gasteiger partial charge in [0.25, 0.3) is 0 Å². The molecule has 3 aromatic rings. The fourth-order valence-electron chi connectivity index (χ4n) is 4.21. The Kier molecular flexibility index (Phi) is 3.94. The van der Waals surface area contributed by atoms with Crippen LogP contribution in [0.3, 0.4) is 0 Å². The number of likely N-dealkylation sites (tertiary alicyclic amines) is 1. The number of hydrogen-bond acceptors (Lipinski definition) is 6. The highest BCUT2D eigenvalue weighted by molar-refractivity contribution is 5.74. The smallest absolute Gasteiger partial charge is 0.147 e. The van der Waals surface area contributed by atoms with Gasteiger partial charge in [0.2, 0.25) is 0 Å². The molecule has 8 heteroatoms. The molecule has 2 aliphatic heterocycles. The van der Waals surface area contributed by atoms with E-state index in [9.17, 15) is 0 Å². The quantitative estimate of drug-likeness (QED) is 0.759. The van der Waals surface area contributed by atoms with E-state index in [-0.39, 0.29) is 0 Å². The minimum absolute atomic E-state index is 0.535. The Morgan fingerprint density at radius 3 is 2.88 bits per heavy atom. The molecule has 1 saturated heterocycles. The lowest BCUT2D eigenvalue weighted by molar-refractivity contribution is 0.199.